The summed E-state index contributed by atoms with van der Waals surface area (Å²) in [5.74, 6) is 2.65. The zero-order chi connectivity index (χ0) is 8.04. The molecule has 0 aromatic heterocycles. The van der Waals surface area contributed by atoms with E-state index >= 15 is 0 Å². The largest absolute Gasteiger partial charge is 0.673 e. The van der Waals surface area contributed by atoms with E-state index < -0.39 is 7.25 Å². The normalized spacial score (nSPS) is 16.4. The fourth-order valence-corrected chi connectivity index (χ4v) is 2.17. The molecule has 1 heterocycles. The molecule has 0 saturated carbocycles. The van der Waals surface area contributed by atoms with Gasteiger partial charge in [-0.2, -0.15) is 0 Å². The summed E-state index contributed by atoms with van der Waals surface area (Å²) in [5, 5.41) is 0. The Balaban J connectivity index is 0.000000162. The quantitative estimate of drug-likeness (QED) is 0.244. The van der Waals surface area contributed by atoms with Crippen LogP contribution >= 0.6 is 11.8 Å². The number of rotatable bonds is 0. The summed E-state index contributed by atoms with van der Waals surface area (Å²) in [7, 11) is -6.00. The van der Waals surface area contributed by atoms with E-state index in [1.807, 2.05) is 23.1 Å². The van der Waals surface area contributed by atoms with Crippen molar-refractivity contribution < 1.29 is 17.3 Å². The molecular formula is C3H5BF4S2. The van der Waals surface area contributed by atoms with Gasteiger partial charge in [-0.15, -0.1) is 0 Å². The van der Waals surface area contributed by atoms with E-state index in [2.05, 4.69) is 4.70 Å². The zero-order valence-corrected chi connectivity index (χ0v) is 6.53. The van der Waals surface area contributed by atoms with Crippen LogP contribution < -0.4 is 0 Å². The first-order valence-corrected chi connectivity index (χ1v) is 4.52. The van der Waals surface area contributed by atoms with Gasteiger partial charge in [0.2, 0.25) is 4.70 Å². The second-order valence-electron chi connectivity index (χ2n) is 1.33. The molecule has 0 aromatic carbocycles. The van der Waals surface area contributed by atoms with Gasteiger partial charge in [0.05, 0.1) is 5.75 Å². The fourth-order valence-electron chi connectivity index (χ4n) is 0.241. The molecule has 0 aromatic rings. The average molecular weight is 192 g/mol. The molecule has 1 aliphatic rings. The molecule has 0 N–H and O–H groups in total. The minimum Gasteiger partial charge on any atom is -0.418 e. The molecular weight excluding hydrogens is 187 g/mol. The van der Waals surface area contributed by atoms with Crippen LogP contribution in [0, 0.1) is 0 Å². The summed E-state index contributed by atoms with van der Waals surface area (Å²) >= 11 is 3.82. The van der Waals surface area contributed by atoms with Crippen LogP contribution in [0.3, 0.4) is 0 Å². The van der Waals surface area contributed by atoms with Gasteiger partial charge >= 0.3 is 7.25 Å². The number of hydrogen-bond donors (Lipinski definition) is 0. The molecule has 7 heteroatoms. The van der Waals surface area contributed by atoms with Gasteiger partial charge in [-0.25, -0.2) is 0 Å². The van der Waals surface area contributed by atoms with Gasteiger partial charge < -0.3 is 17.3 Å². The Morgan fingerprint density at radius 3 is 1.90 bits per heavy atom. The van der Waals surface area contributed by atoms with Crippen LogP contribution in [-0.4, -0.2) is 23.5 Å². The summed E-state index contributed by atoms with van der Waals surface area (Å²) < 4.78 is 41.2. The summed E-state index contributed by atoms with van der Waals surface area (Å²) in [6.45, 7) is 0. The van der Waals surface area contributed by atoms with Crippen molar-refractivity contribution >= 4 is 35.1 Å². The Hall–Kier alpha value is 0.225. The molecule has 0 aliphatic carbocycles. The van der Waals surface area contributed by atoms with Crippen molar-refractivity contribution in [2.45, 2.75) is 0 Å². The van der Waals surface area contributed by atoms with Crippen molar-refractivity contribution in [3.63, 3.8) is 0 Å². The van der Waals surface area contributed by atoms with Crippen LogP contribution in [0.2, 0.25) is 0 Å². The molecule has 0 nitrogen and oxygen atoms in total. The first-order valence-electron chi connectivity index (χ1n) is 2.42. The maximum atomic E-state index is 9.75. The standard InChI is InChI=1S/C3H5S2.BF4/c1-2-5-3-4-1;2-1(3,4)5/h3H,1-2H2;/q+1;-1. The number of hydrogen-bond acceptors (Lipinski definition) is 1. The van der Waals surface area contributed by atoms with Crippen molar-refractivity contribution in [3.8, 4) is 0 Å². The van der Waals surface area contributed by atoms with Gasteiger partial charge in [-0.3, -0.25) is 0 Å². The molecule has 0 spiro atoms. The topological polar surface area (TPSA) is 0 Å². The predicted molar refractivity (Wildman–Crippen MR) is 40.9 cm³/mol. The maximum Gasteiger partial charge on any atom is 0.673 e. The number of thioether (sulfide) groups is 1. The molecule has 0 amide bonds. The van der Waals surface area contributed by atoms with Crippen molar-refractivity contribution in [1.29, 1.82) is 0 Å². The van der Waals surface area contributed by atoms with Crippen molar-refractivity contribution in [3.05, 3.63) is 0 Å². The van der Waals surface area contributed by atoms with E-state index in [1.165, 1.54) is 11.5 Å². The van der Waals surface area contributed by atoms with Crippen LogP contribution in [0.1, 0.15) is 0 Å². The Bertz CT molecular complexity index is 99.6. The molecule has 0 unspecified atom stereocenters. The molecule has 1 aliphatic heterocycles. The predicted octanol–water partition coefficient (Wildman–Crippen LogP) is 1.88. The summed E-state index contributed by atoms with van der Waals surface area (Å²) in [5.41, 5.74) is 0. The first kappa shape index (κ1) is 10.2. The highest BCUT2D eigenvalue weighted by Crippen LogP contribution is 2.06. The van der Waals surface area contributed by atoms with Gasteiger partial charge in [0, 0.05) is 0 Å². The van der Waals surface area contributed by atoms with Crippen molar-refractivity contribution in [2.24, 2.45) is 0 Å². The highest BCUT2D eigenvalue weighted by Gasteiger charge is 2.20. The van der Waals surface area contributed by atoms with E-state index in [1.54, 1.807) is 0 Å². The maximum absolute atomic E-state index is 9.75. The van der Waals surface area contributed by atoms with Gasteiger partial charge in [-0.05, 0) is 0 Å². The van der Waals surface area contributed by atoms with Crippen LogP contribution in [0.5, 0.6) is 0 Å². The van der Waals surface area contributed by atoms with E-state index in [-0.39, 0.29) is 0 Å². The Morgan fingerprint density at radius 1 is 1.30 bits per heavy atom. The Morgan fingerprint density at radius 2 is 1.80 bits per heavy atom. The summed E-state index contributed by atoms with van der Waals surface area (Å²) in [6, 6.07) is 0. The van der Waals surface area contributed by atoms with Crippen LogP contribution in [-0.2, 0) is 11.4 Å². The molecule has 60 valence electrons. The second-order valence-corrected chi connectivity index (χ2v) is 3.59. The molecule has 0 radical (unpaired) electrons. The van der Waals surface area contributed by atoms with E-state index in [9.17, 15) is 17.3 Å². The molecule has 0 saturated heterocycles. The molecule has 0 fully saturated rings. The fraction of sp³-hybridized carbons (Fsp3) is 0.667. The number of halogens is 4. The smallest absolute Gasteiger partial charge is 0.418 e. The van der Waals surface area contributed by atoms with Gasteiger partial charge in [0.1, 0.15) is 0 Å². The van der Waals surface area contributed by atoms with E-state index in [4.69, 9.17) is 0 Å². The lowest BCUT2D eigenvalue weighted by molar-refractivity contribution is 0.368. The van der Waals surface area contributed by atoms with Gasteiger partial charge in [0.15, 0.2) is 17.1 Å². The zero-order valence-electron chi connectivity index (χ0n) is 4.90. The van der Waals surface area contributed by atoms with Crippen LogP contribution in [0.15, 0.2) is 0 Å². The van der Waals surface area contributed by atoms with Gasteiger partial charge in [0.25, 0.3) is 0 Å². The second kappa shape index (κ2) is 4.95. The highest BCUT2D eigenvalue weighted by atomic mass is 32.2. The van der Waals surface area contributed by atoms with Gasteiger partial charge in [-0.1, -0.05) is 11.8 Å². The average Bonchev–Trinajstić information content (AvgIpc) is 2.07. The Kier molecular flexibility index (Phi) is 5.06. The van der Waals surface area contributed by atoms with E-state index in [0.717, 1.165) is 0 Å². The van der Waals surface area contributed by atoms with Crippen LogP contribution in [0.25, 0.3) is 0 Å². The molecule has 1 rings (SSSR count). The molecule has 0 bridgehead atoms. The Labute approximate surface area is 64.4 Å². The monoisotopic (exact) mass is 192 g/mol. The van der Waals surface area contributed by atoms with Crippen LogP contribution in [0.4, 0.5) is 17.3 Å². The lowest BCUT2D eigenvalue weighted by Crippen LogP contribution is -2.02. The minimum absolute atomic E-state index is 1.32. The summed E-state index contributed by atoms with van der Waals surface area (Å²) in [4.78, 5) is 0. The SMILES string of the molecule is C1=[S+]CCS1.F[B-](F)(F)F. The molecule has 0 atom stereocenters. The van der Waals surface area contributed by atoms with Crippen molar-refractivity contribution in [2.75, 3.05) is 11.5 Å². The molecule has 10 heavy (non-hydrogen) atoms. The summed E-state index contributed by atoms with van der Waals surface area (Å²) in [6.07, 6.45) is 0. The van der Waals surface area contributed by atoms with E-state index in [0.29, 0.717) is 0 Å². The third-order valence-corrected chi connectivity index (χ3v) is 2.68. The first-order chi connectivity index (χ1) is 4.50. The lowest BCUT2D eigenvalue weighted by Gasteiger charge is -1.94. The highest BCUT2D eigenvalue weighted by molar-refractivity contribution is 8.22. The lowest BCUT2D eigenvalue weighted by atomic mass is 10.3. The third kappa shape index (κ3) is 15.7. The van der Waals surface area contributed by atoms with Crippen molar-refractivity contribution in [1.82, 2.24) is 0 Å². The third-order valence-electron chi connectivity index (χ3n) is 0.455. The minimum atomic E-state index is -6.00.